The molecule has 4 heteroatoms. The first kappa shape index (κ1) is 15.8. The molecule has 0 heterocycles. The molecule has 0 bridgehead atoms. The fraction of sp³-hybridized carbons (Fsp3) is 0.444. The summed E-state index contributed by atoms with van der Waals surface area (Å²) in [6.07, 6.45) is 15.1. The van der Waals surface area contributed by atoms with E-state index in [1.165, 1.54) is 11.1 Å². The van der Waals surface area contributed by atoms with E-state index in [4.69, 9.17) is 5.73 Å². The van der Waals surface area contributed by atoms with Crippen LogP contribution >= 0.6 is 15.9 Å². The van der Waals surface area contributed by atoms with Crippen molar-refractivity contribution in [3.05, 3.63) is 57.8 Å². The minimum atomic E-state index is -0.487. The number of aliphatic hydroxyl groups is 1. The van der Waals surface area contributed by atoms with Gasteiger partial charge in [-0.25, -0.2) is 0 Å². The SMILES string of the molecule is CC(NC1CC=CC2=C1C(N)=CCC2)C1C=CC=C(Br)C1O. The van der Waals surface area contributed by atoms with Gasteiger partial charge in [0.05, 0.1) is 6.10 Å². The molecule has 0 amide bonds. The molecule has 3 aliphatic rings. The molecule has 0 radical (unpaired) electrons. The molecular formula is C18H23BrN2O. The van der Waals surface area contributed by atoms with E-state index in [2.05, 4.69) is 52.5 Å². The molecule has 4 unspecified atom stereocenters. The van der Waals surface area contributed by atoms with E-state index in [-0.39, 0.29) is 18.0 Å². The lowest BCUT2D eigenvalue weighted by atomic mass is 9.83. The van der Waals surface area contributed by atoms with Gasteiger partial charge in [-0.05, 0) is 43.4 Å². The molecule has 3 aliphatic carbocycles. The molecule has 0 aliphatic heterocycles. The van der Waals surface area contributed by atoms with Gasteiger partial charge in [-0.3, -0.25) is 0 Å². The van der Waals surface area contributed by atoms with E-state index in [9.17, 15) is 5.11 Å². The van der Waals surface area contributed by atoms with Crippen molar-refractivity contribution in [2.45, 2.75) is 44.4 Å². The van der Waals surface area contributed by atoms with Crippen molar-refractivity contribution < 1.29 is 5.11 Å². The first-order valence-electron chi connectivity index (χ1n) is 7.91. The zero-order valence-corrected chi connectivity index (χ0v) is 14.4. The van der Waals surface area contributed by atoms with Crippen LogP contribution in [0.25, 0.3) is 0 Å². The van der Waals surface area contributed by atoms with Crippen LogP contribution in [0.2, 0.25) is 0 Å². The van der Waals surface area contributed by atoms with Gasteiger partial charge in [0, 0.05) is 28.2 Å². The Labute approximate surface area is 140 Å². The highest BCUT2D eigenvalue weighted by atomic mass is 79.9. The van der Waals surface area contributed by atoms with Gasteiger partial charge in [0.25, 0.3) is 0 Å². The molecule has 0 aromatic heterocycles. The van der Waals surface area contributed by atoms with E-state index in [1.807, 2.05) is 12.2 Å². The second kappa shape index (κ2) is 6.57. The normalized spacial score (nSPS) is 32.4. The Morgan fingerprint density at radius 1 is 1.45 bits per heavy atom. The maximum atomic E-state index is 10.4. The summed E-state index contributed by atoms with van der Waals surface area (Å²) in [7, 11) is 0. The summed E-state index contributed by atoms with van der Waals surface area (Å²) in [5.41, 5.74) is 9.76. The molecular weight excluding hydrogens is 340 g/mol. The predicted octanol–water partition coefficient (Wildman–Crippen LogP) is 3.05. The van der Waals surface area contributed by atoms with Gasteiger partial charge in [0.15, 0.2) is 0 Å². The monoisotopic (exact) mass is 362 g/mol. The fourth-order valence-electron chi connectivity index (χ4n) is 3.56. The largest absolute Gasteiger partial charge is 0.399 e. The molecule has 0 fully saturated rings. The molecule has 118 valence electrons. The second-order valence-corrected chi connectivity index (χ2v) is 7.16. The first-order chi connectivity index (χ1) is 10.6. The number of rotatable bonds is 3. The van der Waals surface area contributed by atoms with Crippen LogP contribution in [0.15, 0.2) is 57.8 Å². The average Bonchev–Trinajstić information content (AvgIpc) is 2.50. The zero-order chi connectivity index (χ0) is 15.7. The second-order valence-electron chi connectivity index (χ2n) is 6.24. The quantitative estimate of drug-likeness (QED) is 0.722. The molecule has 0 aromatic carbocycles. The number of nitrogens with two attached hydrogens (primary N) is 1. The molecule has 4 N–H and O–H groups in total. The summed E-state index contributed by atoms with van der Waals surface area (Å²) in [4.78, 5) is 0. The van der Waals surface area contributed by atoms with E-state index in [0.29, 0.717) is 0 Å². The van der Waals surface area contributed by atoms with Gasteiger partial charge in [-0.15, -0.1) is 0 Å². The third kappa shape index (κ3) is 3.00. The Bertz CT molecular complexity index is 600. The number of halogens is 1. The highest BCUT2D eigenvalue weighted by Gasteiger charge is 2.30. The maximum absolute atomic E-state index is 10.4. The molecule has 0 spiro atoms. The van der Waals surface area contributed by atoms with E-state index in [0.717, 1.165) is 29.4 Å². The van der Waals surface area contributed by atoms with Crippen LogP contribution in [0.5, 0.6) is 0 Å². The van der Waals surface area contributed by atoms with E-state index < -0.39 is 6.10 Å². The van der Waals surface area contributed by atoms with Crippen molar-refractivity contribution in [3.63, 3.8) is 0 Å². The average molecular weight is 363 g/mol. The van der Waals surface area contributed by atoms with Crippen molar-refractivity contribution >= 4 is 15.9 Å². The van der Waals surface area contributed by atoms with Crippen LogP contribution in [0, 0.1) is 5.92 Å². The van der Waals surface area contributed by atoms with Gasteiger partial charge < -0.3 is 16.2 Å². The third-order valence-electron chi connectivity index (χ3n) is 4.75. The minimum Gasteiger partial charge on any atom is -0.399 e. The number of hydrogen-bond acceptors (Lipinski definition) is 3. The molecule has 0 saturated carbocycles. The highest BCUT2D eigenvalue weighted by molar-refractivity contribution is 9.11. The maximum Gasteiger partial charge on any atom is 0.0931 e. The van der Waals surface area contributed by atoms with Crippen molar-refractivity contribution in [2.75, 3.05) is 0 Å². The van der Waals surface area contributed by atoms with Gasteiger partial charge in [-0.2, -0.15) is 0 Å². The topological polar surface area (TPSA) is 58.3 Å². The van der Waals surface area contributed by atoms with Gasteiger partial charge in [-0.1, -0.05) is 46.3 Å². The molecule has 22 heavy (non-hydrogen) atoms. The van der Waals surface area contributed by atoms with Crippen LogP contribution in [0.4, 0.5) is 0 Å². The number of aliphatic hydroxyl groups excluding tert-OH is 1. The van der Waals surface area contributed by atoms with Gasteiger partial charge in [0.1, 0.15) is 0 Å². The summed E-state index contributed by atoms with van der Waals surface area (Å²) < 4.78 is 0.842. The summed E-state index contributed by atoms with van der Waals surface area (Å²) in [6.45, 7) is 2.13. The Hall–Kier alpha value is -1.10. The molecule has 0 aromatic rings. The molecule has 3 rings (SSSR count). The molecule has 3 nitrogen and oxygen atoms in total. The summed E-state index contributed by atoms with van der Waals surface area (Å²) >= 11 is 3.44. The van der Waals surface area contributed by atoms with Crippen LogP contribution in [0.3, 0.4) is 0 Å². The van der Waals surface area contributed by atoms with Crippen molar-refractivity contribution in [1.29, 1.82) is 0 Å². The third-order valence-corrected chi connectivity index (χ3v) is 5.48. The number of hydrogen-bond donors (Lipinski definition) is 3. The number of allylic oxidation sites excluding steroid dienone is 5. The van der Waals surface area contributed by atoms with Crippen molar-refractivity contribution in [3.8, 4) is 0 Å². The predicted molar refractivity (Wildman–Crippen MR) is 94.3 cm³/mol. The van der Waals surface area contributed by atoms with Crippen LogP contribution in [0.1, 0.15) is 26.2 Å². The van der Waals surface area contributed by atoms with Crippen molar-refractivity contribution in [2.24, 2.45) is 11.7 Å². The Balaban J connectivity index is 1.75. The Kier molecular flexibility index (Phi) is 4.71. The van der Waals surface area contributed by atoms with Gasteiger partial charge in [0.2, 0.25) is 0 Å². The first-order valence-corrected chi connectivity index (χ1v) is 8.71. The fourth-order valence-corrected chi connectivity index (χ4v) is 4.02. The van der Waals surface area contributed by atoms with Crippen LogP contribution in [-0.2, 0) is 0 Å². The van der Waals surface area contributed by atoms with Gasteiger partial charge >= 0.3 is 0 Å². The lowest BCUT2D eigenvalue weighted by Crippen LogP contribution is -2.46. The van der Waals surface area contributed by atoms with Crippen LogP contribution in [-0.4, -0.2) is 23.3 Å². The summed E-state index contributed by atoms with van der Waals surface area (Å²) in [5.74, 6) is 0.0584. The lowest BCUT2D eigenvalue weighted by molar-refractivity contribution is 0.148. The Morgan fingerprint density at radius 3 is 3.09 bits per heavy atom. The zero-order valence-electron chi connectivity index (χ0n) is 12.8. The Morgan fingerprint density at radius 2 is 2.27 bits per heavy atom. The highest BCUT2D eigenvalue weighted by Crippen LogP contribution is 2.32. The summed E-state index contributed by atoms with van der Waals surface area (Å²) in [6, 6.07) is 0.393. The lowest BCUT2D eigenvalue weighted by Gasteiger charge is -2.35. The van der Waals surface area contributed by atoms with Crippen LogP contribution < -0.4 is 11.1 Å². The van der Waals surface area contributed by atoms with E-state index in [1.54, 1.807) is 0 Å². The minimum absolute atomic E-state index is 0.0584. The number of nitrogens with one attached hydrogen (secondary N) is 1. The standard InChI is InChI=1S/C18H23BrN2O/c1-11(13-7-4-8-14(19)18(13)22)21-16-10-3-6-12-5-2-9-15(20)17(12)16/h3-4,6-9,11,13,16,18,21-22H,2,5,10,20H2,1H3. The summed E-state index contributed by atoms with van der Waals surface area (Å²) in [5, 5.41) is 14.0. The molecule has 4 atom stereocenters. The van der Waals surface area contributed by atoms with E-state index >= 15 is 0 Å². The van der Waals surface area contributed by atoms with Crippen molar-refractivity contribution in [1.82, 2.24) is 5.32 Å². The smallest absolute Gasteiger partial charge is 0.0931 e. The molecule has 0 saturated heterocycles.